The summed E-state index contributed by atoms with van der Waals surface area (Å²) in [5, 5.41) is 2.82. The number of nitrogens with one attached hydrogen (secondary N) is 1. The van der Waals surface area contributed by atoms with Gasteiger partial charge in [0.25, 0.3) is 5.91 Å². The third-order valence-corrected chi connectivity index (χ3v) is 4.33. The summed E-state index contributed by atoms with van der Waals surface area (Å²) in [6.07, 6.45) is 3.68. The normalized spacial score (nSPS) is 14.2. The van der Waals surface area contributed by atoms with Gasteiger partial charge in [-0.15, -0.1) is 0 Å². The first-order valence-electron chi connectivity index (χ1n) is 8.87. The van der Waals surface area contributed by atoms with E-state index < -0.39 is 0 Å². The van der Waals surface area contributed by atoms with E-state index >= 15 is 0 Å². The van der Waals surface area contributed by atoms with Crippen LogP contribution in [0.25, 0.3) is 0 Å². The van der Waals surface area contributed by atoms with E-state index in [9.17, 15) is 9.18 Å². The Labute approximate surface area is 153 Å². The minimum absolute atomic E-state index is 0.224. The number of oxazole rings is 1. The van der Waals surface area contributed by atoms with Crippen LogP contribution in [0, 0.1) is 5.82 Å². The Kier molecular flexibility index (Phi) is 6.00. The second-order valence-corrected chi connectivity index (χ2v) is 6.95. The fourth-order valence-electron chi connectivity index (χ4n) is 2.72. The van der Waals surface area contributed by atoms with Crippen LogP contribution in [0.2, 0.25) is 0 Å². The molecule has 0 spiro atoms. The molecule has 1 fully saturated rings. The number of hydrogen-bond donors (Lipinski definition) is 1. The van der Waals surface area contributed by atoms with Crippen molar-refractivity contribution in [1.29, 1.82) is 0 Å². The molecule has 26 heavy (non-hydrogen) atoms. The lowest BCUT2D eigenvalue weighted by Crippen LogP contribution is -2.31. The third kappa shape index (κ3) is 5.37. The molecule has 0 unspecified atom stereocenters. The highest BCUT2D eigenvalue weighted by atomic mass is 19.1. The molecule has 0 radical (unpaired) electrons. The highest BCUT2D eigenvalue weighted by Gasteiger charge is 2.30. The molecule has 0 bridgehead atoms. The lowest BCUT2D eigenvalue weighted by atomic mass is 10.2. The number of aromatic nitrogens is 1. The molecule has 1 aromatic carbocycles. The van der Waals surface area contributed by atoms with Crippen molar-refractivity contribution in [2.24, 2.45) is 0 Å². The van der Waals surface area contributed by atoms with Crippen LogP contribution >= 0.6 is 0 Å². The third-order valence-electron chi connectivity index (χ3n) is 4.33. The number of carbonyl (C=O) groups excluding carboxylic acids is 1. The average molecular weight is 360 g/mol. The van der Waals surface area contributed by atoms with Crippen LogP contribution in [0.15, 0.2) is 34.9 Å². The maximum atomic E-state index is 13.1. The molecule has 1 aliphatic carbocycles. The van der Waals surface area contributed by atoms with E-state index in [0.29, 0.717) is 37.3 Å². The zero-order valence-electron chi connectivity index (χ0n) is 15.2. The molecule has 1 aliphatic rings. The van der Waals surface area contributed by atoms with Crippen molar-refractivity contribution in [3.8, 4) is 0 Å². The summed E-state index contributed by atoms with van der Waals surface area (Å²) in [5.74, 6) is 0.0690. The molecule has 0 aliphatic heterocycles. The Morgan fingerprint density at radius 1 is 1.27 bits per heavy atom. The molecule has 3 rings (SSSR count). The van der Waals surface area contributed by atoms with Crippen LogP contribution in [0.4, 0.5) is 4.39 Å². The zero-order valence-corrected chi connectivity index (χ0v) is 15.2. The lowest BCUT2D eigenvalue weighted by Gasteiger charge is -2.20. The van der Waals surface area contributed by atoms with E-state index in [1.807, 2.05) is 19.0 Å². The van der Waals surface area contributed by atoms with Crippen LogP contribution in [0.3, 0.4) is 0 Å². The Morgan fingerprint density at radius 3 is 2.65 bits per heavy atom. The summed E-state index contributed by atoms with van der Waals surface area (Å²) < 4.78 is 18.6. The van der Waals surface area contributed by atoms with E-state index in [-0.39, 0.29) is 11.7 Å². The standard InChI is InChI=1S/C19H25FN4O2/c1-23(2)10-9-21-19(25)17-13-26-18(22-17)12-24(16-7-8-16)11-14-3-5-15(20)6-4-14/h3-6,13,16H,7-12H2,1-2H3,(H,21,25). The largest absolute Gasteiger partial charge is 0.447 e. The number of amides is 1. The smallest absolute Gasteiger partial charge is 0.273 e. The Balaban J connectivity index is 1.57. The monoisotopic (exact) mass is 360 g/mol. The van der Waals surface area contributed by atoms with Crippen LogP contribution in [0.5, 0.6) is 0 Å². The minimum Gasteiger partial charge on any atom is -0.447 e. The second kappa shape index (κ2) is 8.42. The first-order valence-corrected chi connectivity index (χ1v) is 8.87. The molecular weight excluding hydrogens is 335 g/mol. The number of hydrogen-bond acceptors (Lipinski definition) is 5. The molecule has 0 atom stereocenters. The molecule has 1 saturated carbocycles. The van der Waals surface area contributed by atoms with Crippen LogP contribution in [-0.2, 0) is 13.1 Å². The maximum absolute atomic E-state index is 13.1. The number of nitrogens with zero attached hydrogens (tertiary/aromatic N) is 3. The van der Waals surface area contributed by atoms with E-state index in [1.165, 1.54) is 18.4 Å². The van der Waals surface area contributed by atoms with Crippen LogP contribution in [0.1, 0.15) is 34.8 Å². The van der Waals surface area contributed by atoms with E-state index in [1.54, 1.807) is 12.1 Å². The number of likely N-dealkylation sites (N-methyl/N-ethyl adjacent to an activating group) is 1. The molecule has 140 valence electrons. The predicted molar refractivity (Wildman–Crippen MR) is 96.1 cm³/mol. The van der Waals surface area contributed by atoms with Gasteiger partial charge in [-0.3, -0.25) is 9.69 Å². The fraction of sp³-hybridized carbons (Fsp3) is 0.474. The summed E-state index contributed by atoms with van der Waals surface area (Å²) in [6, 6.07) is 7.03. The van der Waals surface area contributed by atoms with Crippen molar-refractivity contribution < 1.29 is 13.6 Å². The van der Waals surface area contributed by atoms with Gasteiger partial charge in [-0.2, -0.15) is 0 Å². The average Bonchev–Trinajstić information content (AvgIpc) is 3.35. The van der Waals surface area contributed by atoms with Gasteiger partial charge in [0.05, 0.1) is 6.54 Å². The van der Waals surface area contributed by atoms with Crippen molar-refractivity contribution in [1.82, 2.24) is 20.1 Å². The molecule has 2 aromatic rings. The van der Waals surface area contributed by atoms with Crippen molar-refractivity contribution in [2.45, 2.75) is 32.0 Å². The van der Waals surface area contributed by atoms with E-state index in [0.717, 1.165) is 24.9 Å². The van der Waals surface area contributed by atoms with Gasteiger partial charge in [-0.25, -0.2) is 9.37 Å². The molecule has 1 aromatic heterocycles. The van der Waals surface area contributed by atoms with Gasteiger partial charge >= 0.3 is 0 Å². The number of benzene rings is 1. The van der Waals surface area contributed by atoms with Crippen LogP contribution < -0.4 is 5.32 Å². The summed E-state index contributed by atoms with van der Waals surface area (Å²) in [7, 11) is 3.90. The van der Waals surface area contributed by atoms with Crippen molar-refractivity contribution in [2.75, 3.05) is 27.2 Å². The summed E-state index contributed by atoms with van der Waals surface area (Å²) in [6.45, 7) is 2.57. The minimum atomic E-state index is -0.232. The SMILES string of the molecule is CN(C)CCNC(=O)c1coc(CN(Cc2ccc(F)cc2)C2CC2)n1. The Morgan fingerprint density at radius 2 is 2.00 bits per heavy atom. The Bertz CT molecular complexity index is 725. The fourth-order valence-corrected chi connectivity index (χ4v) is 2.72. The topological polar surface area (TPSA) is 61.6 Å². The molecule has 6 nitrogen and oxygen atoms in total. The number of halogens is 1. The first-order chi connectivity index (χ1) is 12.5. The van der Waals surface area contributed by atoms with E-state index in [4.69, 9.17) is 4.42 Å². The van der Waals surface area contributed by atoms with Crippen LogP contribution in [-0.4, -0.2) is 53.9 Å². The number of rotatable bonds is 9. The maximum Gasteiger partial charge on any atom is 0.273 e. The van der Waals surface area contributed by atoms with Gasteiger partial charge in [0.2, 0.25) is 5.89 Å². The Hall–Kier alpha value is -2.25. The van der Waals surface area contributed by atoms with Crippen molar-refractivity contribution >= 4 is 5.91 Å². The molecule has 7 heteroatoms. The number of carbonyl (C=O) groups is 1. The molecular formula is C19H25FN4O2. The summed E-state index contributed by atoms with van der Waals surface area (Å²) in [5.41, 5.74) is 1.35. The summed E-state index contributed by atoms with van der Waals surface area (Å²) >= 11 is 0. The van der Waals surface area contributed by atoms with Gasteiger partial charge in [0.1, 0.15) is 12.1 Å². The lowest BCUT2D eigenvalue weighted by molar-refractivity contribution is 0.0946. The highest BCUT2D eigenvalue weighted by molar-refractivity contribution is 5.91. The van der Waals surface area contributed by atoms with Gasteiger partial charge < -0.3 is 14.6 Å². The van der Waals surface area contributed by atoms with Crippen molar-refractivity contribution in [3.05, 3.63) is 53.5 Å². The van der Waals surface area contributed by atoms with E-state index in [2.05, 4.69) is 15.2 Å². The molecule has 0 saturated heterocycles. The highest BCUT2D eigenvalue weighted by Crippen LogP contribution is 2.29. The summed E-state index contributed by atoms with van der Waals surface area (Å²) in [4.78, 5) is 20.7. The first kappa shape index (κ1) is 18.5. The zero-order chi connectivity index (χ0) is 18.5. The van der Waals surface area contributed by atoms with Gasteiger partial charge in [0, 0.05) is 25.7 Å². The van der Waals surface area contributed by atoms with Gasteiger partial charge in [0.15, 0.2) is 5.69 Å². The molecule has 1 heterocycles. The van der Waals surface area contributed by atoms with Gasteiger partial charge in [-0.05, 0) is 44.6 Å². The predicted octanol–water partition coefficient (Wildman–Crippen LogP) is 2.27. The molecule has 1 amide bonds. The molecule has 1 N–H and O–H groups in total. The van der Waals surface area contributed by atoms with Crippen molar-refractivity contribution in [3.63, 3.8) is 0 Å². The quantitative estimate of drug-likeness (QED) is 0.743. The second-order valence-electron chi connectivity index (χ2n) is 6.95. The van der Waals surface area contributed by atoms with Gasteiger partial charge in [-0.1, -0.05) is 12.1 Å².